The lowest BCUT2D eigenvalue weighted by molar-refractivity contribution is 0.0579. The predicted octanol–water partition coefficient (Wildman–Crippen LogP) is 2.07. The monoisotopic (exact) mass is 251 g/mol. The lowest BCUT2D eigenvalue weighted by Gasteiger charge is -2.38. The fourth-order valence-electron chi connectivity index (χ4n) is 2.39. The first kappa shape index (κ1) is 12.8. The zero-order valence-electron chi connectivity index (χ0n) is 10.7. The maximum atomic E-state index is 13.8. The van der Waals surface area contributed by atoms with Gasteiger partial charge in [-0.25, -0.2) is 9.37 Å². The van der Waals surface area contributed by atoms with E-state index < -0.39 is 5.82 Å². The SMILES string of the molecule is CC1(C)CCCN(C(=O)c2ccnc(N)c2F)C1. The minimum atomic E-state index is -0.717. The number of pyridine rings is 1. The third-order valence-electron chi connectivity index (χ3n) is 3.33. The van der Waals surface area contributed by atoms with E-state index in [2.05, 4.69) is 18.8 Å². The maximum Gasteiger partial charge on any atom is 0.257 e. The molecule has 2 rings (SSSR count). The number of nitrogen functional groups attached to an aromatic ring is 1. The van der Waals surface area contributed by atoms with Crippen molar-refractivity contribution in [2.45, 2.75) is 26.7 Å². The smallest absolute Gasteiger partial charge is 0.257 e. The van der Waals surface area contributed by atoms with Gasteiger partial charge in [-0.2, -0.15) is 0 Å². The Bertz CT molecular complexity index is 473. The number of carbonyl (C=O) groups excluding carboxylic acids is 1. The van der Waals surface area contributed by atoms with Crippen LogP contribution in [0.15, 0.2) is 12.3 Å². The summed E-state index contributed by atoms with van der Waals surface area (Å²) in [5.74, 6) is -1.24. The summed E-state index contributed by atoms with van der Waals surface area (Å²) in [6.45, 7) is 5.55. The highest BCUT2D eigenvalue weighted by molar-refractivity contribution is 5.95. The molecule has 2 heterocycles. The van der Waals surface area contributed by atoms with E-state index in [1.807, 2.05) is 0 Å². The van der Waals surface area contributed by atoms with Gasteiger partial charge in [-0.1, -0.05) is 13.8 Å². The number of hydrogen-bond acceptors (Lipinski definition) is 3. The maximum absolute atomic E-state index is 13.8. The number of likely N-dealkylation sites (tertiary alicyclic amines) is 1. The Balaban J connectivity index is 2.23. The van der Waals surface area contributed by atoms with Crippen LogP contribution in [-0.4, -0.2) is 28.9 Å². The van der Waals surface area contributed by atoms with Gasteiger partial charge in [0.25, 0.3) is 5.91 Å². The Morgan fingerprint density at radius 1 is 1.56 bits per heavy atom. The summed E-state index contributed by atoms with van der Waals surface area (Å²) < 4.78 is 13.8. The van der Waals surface area contributed by atoms with Crippen molar-refractivity contribution < 1.29 is 9.18 Å². The number of anilines is 1. The fourth-order valence-corrected chi connectivity index (χ4v) is 2.39. The highest BCUT2D eigenvalue weighted by Crippen LogP contribution is 2.29. The zero-order chi connectivity index (χ0) is 13.3. The number of nitrogens with two attached hydrogens (primary N) is 1. The Kier molecular flexibility index (Phi) is 3.24. The lowest BCUT2D eigenvalue weighted by atomic mass is 9.84. The van der Waals surface area contributed by atoms with E-state index in [0.29, 0.717) is 13.1 Å². The highest BCUT2D eigenvalue weighted by atomic mass is 19.1. The van der Waals surface area contributed by atoms with Crippen molar-refractivity contribution in [1.82, 2.24) is 9.88 Å². The van der Waals surface area contributed by atoms with Crippen LogP contribution in [0.4, 0.5) is 10.2 Å². The Morgan fingerprint density at radius 2 is 2.28 bits per heavy atom. The lowest BCUT2D eigenvalue weighted by Crippen LogP contribution is -2.43. The number of rotatable bonds is 1. The van der Waals surface area contributed by atoms with Crippen LogP contribution >= 0.6 is 0 Å². The largest absolute Gasteiger partial charge is 0.381 e. The number of hydrogen-bond donors (Lipinski definition) is 1. The average Bonchev–Trinajstić information content (AvgIpc) is 2.30. The second kappa shape index (κ2) is 4.55. The molecule has 0 unspecified atom stereocenters. The molecular formula is C13H18FN3O. The summed E-state index contributed by atoms with van der Waals surface area (Å²) in [6, 6.07) is 1.38. The summed E-state index contributed by atoms with van der Waals surface area (Å²) in [5.41, 5.74) is 5.48. The average molecular weight is 251 g/mol. The molecule has 1 saturated heterocycles. The van der Waals surface area contributed by atoms with E-state index in [1.54, 1.807) is 4.90 Å². The van der Waals surface area contributed by atoms with Crippen LogP contribution in [0.2, 0.25) is 0 Å². The molecule has 0 spiro atoms. The molecule has 0 atom stereocenters. The van der Waals surface area contributed by atoms with E-state index in [1.165, 1.54) is 12.3 Å². The summed E-state index contributed by atoms with van der Waals surface area (Å²) >= 11 is 0. The minimum Gasteiger partial charge on any atom is -0.381 e. The molecule has 2 N–H and O–H groups in total. The molecule has 0 radical (unpaired) electrons. The number of piperidine rings is 1. The van der Waals surface area contributed by atoms with Gasteiger partial charge in [0.2, 0.25) is 0 Å². The Morgan fingerprint density at radius 3 is 2.94 bits per heavy atom. The van der Waals surface area contributed by atoms with Crippen LogP contribution in [-0.2, 0) is 0 Å². The molecule has 4 nitrogen and oxygen atoms in total. The van der Waals surface area contributed by atoms with Gasteiger partial charge >= 0.3 is 0 Å². The molecule has 1 aromatic heterocycles. The van der Waals surface area contributed by atoms with Gasteiger partial charge in [-0.05, 0) is 24.3 Å². The van der Waals surface area contributed by atoms with E-state index in [-0.39, 0.29) is 22.7 Å². The van der Waals surface area contributed by atoms with Gasteiger partial charge < -0.3 is 10.6 Å². The third-order valence-corrected chi connectivity index (χ3v) is 3.33. The van der Waals surface area contributed by atoms with Crippen LogP contribution < -0.4 is 5.73 Å². The number of halogens is 1. The van der Waals surface area contributed by atoms with Gasteiger partial charge in [0.05, 0.1) is 5.56 Å². The number of amides is 1. The van der Waals surface area contributed by atoms with Crippen LogP contribution in [0.1, 0.15) is 37.0 Å². The number of carbonyl (C=O) groups is 1. The molecule has 1 aromatic rings. The van der Waals surface area contributed by atoms with E-state index in [4.69, 9.17) is 5.73 Å². The van der Waals surface area contributed by atoms with E-state index in [0.717, 1.165) is 12.8 Å². The second-order valence-electron chi connectivity index (χ2n) is 5.55. The molecule has 0 aromatic carbocycles. The molecule has 1 aliphatic heterocycles. The van der Waals surface area contributed by atoms with E-state index in [9.17, 15) is 9.18 Å². The van der Waals surface area contributed by atoms with Gasteiger partial charge in [0.1, 0.15) is 0 Å². The van der Waals surface area contributed by atoms with Gasteiger partial charge in [0, 0.05) is 19.3 Å². The van der Waals surface area contributed by atoms with Crippen LogP contribution in [0.3, 0.4) is 0 Å². The first-order valence-electron chi connectivity index (χ1n) is 6.10. The van der Waals surface area contributed by atoms with Crippen molar-refractivity contribution in [3.8, 4) is 0 Å². The summed E-state index contributed by atoms with van der Waals surface area (Å²) in [4.78, 5) is 17.6. The van der Waals surface area contributed by atoms with E-state index >= 15 is 0 Å². The standard InChI is InChI=1S/C13H18FN3O/c1-13(2)5-3-7-17(8-13)12(18)9-4-6-16-11(15)10(9)14/h4,6H,3,5,7-8H2,1-2H3,(H2,15,16). The molecule has 1 aliphatic rings. The molecule has 1 fully saturated rings. The molecule has 5 heteroatoms. The van der Waals surface area contributed by atoms with Crippen molar-refractivity contribution in [3.05, 3.63) is 23.6 Å². The molecule has 1 amide bonds. The molecule has 18 heavy (non-hydrogen) atoms. The molecule has 0 saturated carbocycles. The van der Waals surface area contributed by atoms with Crippen molar-refractivity contribution in [3.63, 3.8) is 0 Å². The van der Waals surface area contributed by atoms with Crippen LogP contribution in [0, 0.1) is 11.2 Å². The first-order chi connectivity index (χ1) is 8.41. The number of aromatic nitrogens is 1. The van der Waals surface area contributed by atoms with Crippen molar-refractivity contribution >= 4 is 11.7 Å². The van der Waals surface area contributed by atoms with Crippen LogP contribution in [0.5, 0.6) is 0 Å². The van der Waals surface area contributed by atoms with Crippen molar-refractivity contribution in [2.24, 2.45) is 5.41 Å². The normalized spacial score (nSPS) is 18.7. The molecule has 98 valence electrons. The summed E-state index contributed by atoms with van der Waals surface area (Å²) in [5, 5.41) is 0. The zero-order valence-corrected chi connectivity index (χ0v) is 10.7. The predicted molar refractivity (Wildman–Crippen MR) is 67.5 cm³/mol. The van der Waals surface area contributed by atoms with Crippen molar-refractivity contribution in [1.29, 1.82) is 0 Å². The van der Waals surface area contributed by atoms with Gasteiger partial charge in [-0.15, -0.1) is 0 Å². The Hall–Kier alpha value is -1.65. The molecular weight excluding hydrogens is 233 g/mol. The summed E-state index contributed by atoms with van der Waals surface area (Å²) in [6.07, 6.45) is 3.39. The second-order valence-corrected chi connectivity index (χ2v) is 5.55. The quantitative estimate of drug-likeness (QED) is 0.831. The highest BCUT2D eigenvalue weighted by Gasteiger charge is 2.30. The molecule has 0 bridgehead atoms. The topological polar surface area (TPSA) is 59.2 Å². The Labute approximate surface area is 106 Å². The van der Waals surface area contributed by atoms with Crippen LogP contribution in [0.25, 0.3) is 0 Å². The molecule has 0 aliphatic carbocycles. The first-order valence-corrected chi connectivity index (χ1v) is 6.10. The minimum absolute atomic E-state index is 0.0141. The fraction of sp³-hybridized carbons (Fsp3) is 0.538. The third kappa shape index (κ3) is 2.44. The van der Waals surface area contributed by atoms with Crippen molar-refractivity contribution in [2.75, 3.05) is 18.8 Å². The number of nitrogens with zero attached hydrogens (tertiary/aromatic N) is 2. The van der Waals surface area contributed by atoms with Gasteiger partial charge in [-0.3, -0.25) is 4.79 Å². The van der Waals surface area contributed by atoms with Gasteiger partial charge in [0.15, 0.2) is 11.6 Å². The summed E-state index contributed by atoms with van der Waals surface area (Å²) in [7, 11) is 0.